The Bertz CT molecular complexity index is 861. The first-order valence-corrected chi connectivity index (χ1v) is 7.72. The molecule has 0 aliphatic heterocycles. The van der Waals surface area contributed by atoms with Gasteiger partial charge in [-0.1, -0.05) is 48.0 Å². The molecule has 1 heterocycles. The van der Waals surface area contributed by atoms with Crippen molar-refractivity contribution in [2.75, 3.05) is 0 Å². The van der Waals surface area contributed by atoms with Gasteiger partial charge in [-0.15, -0.1) is 0 Å². The third-order valence-corrected chi connectivity index (χ3v) is 3.96. The summed E-state index contributed by atoms with van der Waals surface area (Å²) in [5.41, 5.74) is 2.39. The predicted octanol–water partition coefficient (Wildman–Crippen LogP) is 3.42. The van der Waals surface area contributed by atoms with Crippen molar-refractivity contribution in [2.45, 2.75) is 13.2 Å². The number of aliphatic hydroxyl groups is 1. The summed E-state index contributed by atoms with van der Waals surface area (Å²) in [5, 5.41) is 12.6. The number of hydrogen-bond donors (Lipinski definition) is 2. The minimum absolute atomic E-state index is 0.0825. The Morgan fingerprint density at radius 1 is 1.12 bits per heavy atom. The summed E-state index contributed by atoms with van der Waals surface area (Å²) in [6.45, 7) is 0.200. The van der Waals surface area contributed by atoms with E-state index in [0.29, 0.717) is 16.3 Å². The van der Waals surface area contributed by atoms with E-state index in [2.05, 4.69) is 10.3 Å². The summed E-state index contributed by atoms with van der Waals surface area (Å²) in [6.07, 6.45) is 1.22. The van der Waals surface area contributed by atoms with Crippen molar-refractivity contribution in [1.29, 1.82) is 0 Å². The number of nitrogens with one attached hydrogen (secondary N) is 1. The lowest BCUT2D eigenvalue weighted by atomic mass is 10.1. The van der Waals surface area contributed by atoms with E-state index in [9.17, 15) is 9.90 Å². The average Bonchev–Trinajstić information content (AvgIpc) is 3.10. The second-order valence-corrected chi connectivity index (χ2v) is 5.53. The van der Waals surface area contributed by atoms with Crippen LogP contribution in [0.5, 0.6) is 0 Å². The van der Waals surface area contributed by atoms with E-state index >= 15 is 0 Å². The fourth-order valence-corrected chi connectivity index (χ4v) is 2.61. The second kappa shape index (κ2) is 7.29. The Kier molecular flexibility index (Phi) is 4.93. The van der Waals surface area contributed by atoms with Gasteiger partial charge < -0.3 is 14.8 Å². The Morgan fingerprint density at radius 3 is 2.58 bits per heavy atom. The standard InChI is InChI=1S/C18H15ClN2O3/c19-15-8-4-3-7-14(15)17-16(21-11-24-17)18(23)20-9-12-5-1-2-6-13(12)10-22/h1-8,11,22H,9-10H2,(H,20,23). The van der Waals surface area contributed by atoms with Crippen LogP contribution in [0.1, 0.15) is 21.6 Å². The first kappa shape index (κ1) is 16.2. The Balaban J connectivity index is 1.80. The van der Waals surface area contributed by atoms with E-state index in [1.807, 2.05) is 30.3 Å². The number of carbonyl (C=O) groups excluding carboxylic acids is 1. The zero-order chi connectivity index (χ0) is 16.9. The highest BCUT2D eigenvalue weighted by Crippen LogP contribution is 2.29. The van der Waals surface area contributed by atoms with Crippen molar-refractivity contribution in [2.24, 2.45) is 0 Å². The van der Waals surface area contributed by atoms with E-state index < -0.39 is 0 Å². The molecular weight excluding hydrogens is 328 g/mol. The van der Waals surface area contributed by atoms with Crippen LogP contribution < -0.4 is 5.32 Å². The van der Waals surface area contributed by atoms with Crippen LogP contribution in [0.15, 0.2) is 59.3 Å². The van der Waals surface area contributed by atoms with Gasteiger partial charge in [0.2, 0.25) is 0 Å². The minimum Gasteiger partial charge on any atom is -0.443 e. The highest BCUT2D eigenvalue weighted by Gasteiger charge is 2.19. The molecule has 24 heavy (non-hydrogen) atoms. The smallest absolute Gasteiger partial charge is 0.274 e. The predicted molar refractivity (Wildman–Crippen MR) is 90.5 cm³/mol. The maximum Gasteiger partial charge on any atom is 0.274 e. The van der Waals surface area contributed by atoms with Crippen molar-refractivity contribution in [3.8, 4) is 11.3 Å². The van der Waals surface area contributed by atoms with Crippen LogP contribution >= 0.6 is 11.6 Å². The number of nitrogens with zero attached hydrogens (tertiary/aromatic N) is 1. The molecule has 5 nitrogen and oxygen atoms in total. The third kappa shape index (κ3) is 3.32. The molecule has 3 rings (SSSR count). The van der Waals surface area contributed by atoms with Crippen molar-refractivity contribution in [3.05, 3.63) is 76.8 Å². The number of oxazole rings is 1. The molecule has 0 radical (unpaired) electrons. The zero-order valence-corrected chi connectivity index (χ0v) is 13.5. The second-order valence-electron chi connectivity index (χ2n) is 5.12. The molecule has 0 bridgehead atoms. The number of carbonyl (C=O) groups is 1. The summed E-state index contributed by atoms with van der Waals surface area (Å²) in [7, 11) is 0. The highest BCUT2D eigenvalue weighted by atomic mass is 35.5. The van der Waals surface area contributed by atoms with Crippen LogP contribution in [0, 0.1) is 0 Å². The third-order valence-electron chi connectivity index (χ3n) is 3.63. The lowest BCUT2D eigenvalue weighted by molar-refractivity contribution is 0.0946. The van der Waals surface area contributed by atoms with Crippen LogP contribution in [-0.2, 0) is 13.2 Å². The van der Waals surface area contributed by atoms with Gasteiger partial charge in [0.15, 0.2) is 17.8 Å². The number of benzene rings is 2. The molecule has 0 aliphatic carbocycles. The molecule has 0 atom stereocenters. The van der Waals surface area contributed by atoms with Gasteiger partial charge in [0, 0.05) is 12.1 Å². The number of rotatable bonds is 5. The summed E-state index contributed by atoms with van der Waals surface area (Å²) in [5.74, 6) is -0.0417. The fourth-order valence-electron chi connectivity index (χ4n) is 2.39. The largest absolute Gasteiger partial charge is 0.443 e. The molecule has 0 unspecified atom stereocenters. The van der Waals surface area contributed by atoms with Crippen LogP contribution in [0.3, 0.4) is 0 Å². The molecule has 1 amide bonds. The van der Waals surface area contributed by atoms with E-state index in [-0.39, 0.29) is 24.8 Å². The number of aliphatic hydroxyl groups excluding tert-OH is 1. The Hall–Kier alpha value is -2.63. The van der Waals surface area contributed by atoms with Gasteiger partial charge in [0.25, 0.3) is 5.91 Å². The van der Waals surface area contributed by atoms with Gasteiger partial charge >= 0.3 is 0 Å². The van der Waals surface area contributed by atoms with Crippen molar-refractivity contribution < 1.29 is 14.3 Å². The molecule has 6 heteroatoms. The molecule has 0 fully saturated rings. The highest BCUT2D eigenvalue weighted by molar-refractivity contribution is 6.33. The van der Waals surface area contributed by atoms with Crippen LogP contribution in [-0.4, -0.2) is 16.0 Å². The number of aromatic nitrogens is 1. The number of amides is 1. The molecule has 1 aromatic heterocycles. The van der Waals surface area contributed by atoms with E-state index in [4.69, 9.17) is 16.0 Å². The maximum absolute atomic E-state index is 12.4. The molecule has 3 aromatic rings. The van der Waals surface area contributed by atoms with Crippen molar-refractivity contribution >= 4 is 17.5 Å². The summed E-state index contributed by atoms with van der Waals surface area (Å²) < 4.78 is 5.35. The molecular formula is C18H15ClN2O3. The number of hydrogen-bond acceptors (Lipinski definition) is 4. The maximum atomic E-state index is 12.4. The molecule has 0 saturated heterocycles. The van der Waals surface area contributed by atoms with Gasteiger partial charge in [0.05, 0.1) is 11.6 Å². The van der Waals surface area contributed by atoms with Crippen molar-refractivity contribution in [1.82, 2.24) is 10.3 Å². The summed E-state index contributed by atoms with van der Waals surface area (Å²) in [6, 6.07) is 14.4. The normalized spacial score (nSPS) is 10.6. The molecule has 0 spiro atoms. The average molecular weight is 343 g/mol. The minimum atomic E-state index is -0.369. The Labute approximate surface area is 143 Å². The van der Waals surface area contributed by atoms with Gasteiger partial charge in [-0.3, -0.25) is 4.79 Å². The monoisotopic (exact) mass is 342 g/mol. The summed E-state index contributed by atoms with van der Waals surface area (Å²) in [4.78, 5) is 16.4. The first-order valence-electron chi connectivity index (χ1n) is 7.35. The lowest BCUT2D eigenvalue weighted by Crippen LogP contribution is -2.24. The van der Waals surface area contributed by atoms with Gasteiger partial charge in [0.1, 0.15) is 0 Å². The summed E-state index contributed by atoms with van der Waals surface area (Å²) >= 11 is 6.16. The topological polar surface area (TPSA) is 75.4 Å². The zero-order valence-electron chi connectivity index (χ0n) is 12.7. The van der Waals surface area contributed by atoms with Gasteiger partial charge in [-0.2, -0.15) is 0 Å². The van der Waals surface area contributed by atoms with Gasteiger partial charge in [-0.25, -0.2) is 4.98 Å². The van der Waals surface area contributed by atoms with Crippen molar-refractivity contribution in [3.63, 3.8) is 0 Å². The quantitative estimate of drug-likeness (QED) is 0.745. The molecule has 122 valence electrons. The SMILES string of the molecule is O=C(NCc1ccccc1CO)c1ncoc1-c1ccccc1Cl. The number of halogens is 1. The van der Waals surface area contributed by atoms with E-state index in [0.717, 1.165) is 11.1 Å². The molecule has 2 aromatic carbocycles. The van der Waals surface area contributed by atoms with E-state index in [1.54, 1.807) is 18.2 Å². The molecule has 0 aliphatic rings. The van der Waals surface area contributed by atoms with Crippen LogP contribution in [0.4, 0.5) is 0 Å². The molecule has 2 N–H and O–H groups in total. The Morgan fingerprint density at radius 2 is 1.83 bits per heavy atom. The van der Waals surface area contributed by atoms with Crippen LogP contribution in [0.25, 0.3) is 11.3 Å². The molecule has 0 saturated carbocycles. The first-order chi connectivity index (χ1) is 11.7. The van der Waals surface area contributed by atoms with Crippen LogP contribution in [0.2, 0.25) is 5.02 Å². The van der Waals surface area contributed by atoms with Gasteiger partial charge in [-0.05, 0) is 23.3 Å². The lowest BCUT2D eigenvalue weighted by Gasteiger charge is -2.09. The van der Waals surface area contributed by atoms with E-state index in [1.165, 1.54) is 6.39 Å². The fraction of sp³-hybridized carbons (Fsp3) is 0.111.